The van der Waals surface area contributed by atoms with Crippen LogP contribution >= 0.6 is 0 Å². The quantitative estimate of drug-likeness (QED) is 0.560. The molecule has 0 radical (unpaired) electrons. The summed E-state index contributed by atoms with van der Waals surface area (Å²) in [7, 11) is 0. The van der Waals surface area contributed by atoms with Crippen molar-refractivity contribution in [3.05, 3.63) is 59.7 Å². The highest BCUT2D eigenvalue weighted by Gasteiger charge is 2.28. The number of hydrogen-bond acceptors (Lipinski definition) is 4. The SMILES string of the molecule is CC(NC(=O)C(Cc1ccc(F)cc1)NC(=O)O)c1ccc(OCC(F)(F)F)cn1. The average molecular weight is 429 g/mol. The van der Waals surface area contributed by atoms with Crippen LogP contribution < -0.4 is 15.4 Å². The topological polar surface area (TPSA) is 101 Å². The summed E-state index contributed by atoms with van der Waals surface area (Å²) in [6, 6.07) is 6.11. The van der Waals surface area contributed by atoms with E-state index in [9.17, 15) is 27.2 Å². The van der Waals surface area contributed by atoms with Gasteiger partial charge in [-0.25, -0.2) is 9.18 Å². The highest BCUT2D eigenvalue weighted by atomic mass is 19.4. The maximum absolute atomic E-state index is 13.0. The van der Waals surface area contributed by atoms with Crippen LogP contribution in [0.15, 0.2) is 42.6 Å². The fourth-order valence-electron chi connectivity index (χ4n) is 2.50. The molecule has 1 aromatic heterocycles. The summed E-state index contributed by atoms with van der Waals surface area (Å²) >= 11 is 0. The molecular formula is C19H19F4N3O4. The van der Waals surface area contributed by atoms with Gasteiger partial charge in [-0.2, -0.15) is 13.2 Å². The van der Waals surface area contributed by atoms with Crippen molar-refractivity contribution in [2.75, 3.05) is 6.61 Å². The van der Waals surface area contributed by atoms with Crippen molar-refractivity contribution in [2.24, 2.45) is 0 Å². The van der Waals surface area contributed by atoms with Gasteiger partial charge in [0.15, 0.2) is 6.61 Å². The number of halogens is 4. The number of alkyl halides is 3. The lowest BCUT2D eigenvalue weighted by molar-refractivity contribution is -0.153. The number of rotatable bonds is 8. The lowest BCUT2D eigenvalue weighted by atomic mass is 10.0. The number of carboxylic acid groups (broad SMARTS) is 1. The van der Waals surface area contributed by atoms with Gasteiger partial charge in [0.2, 0.25) is 5.91 Å². The number of carbonyl (C=O) groups is 2. The first-order valence-corrected chi connectivity index (χ1v) is 8.73. The fraction of sp³-hybridized carbons (Fsp3) is 0.316. The van der Waals surface area contributed by atoms with Gasteiger partial charge in [0.25, 0.3) is 0 Å². The molecule has 30 heavy (non-hydrogen) atoms. The molecule has 0 spiro atoms. The van der Waals surface area contributed by atoms with Gasteiger partial charge in [0.1, 0.15) is 17.6 Å². The third kappa shape index (κ3) is 7.57. The maximum atomic E-state index is 13.0. The zero-order valence-electron chi connectivity index (χ0n) is 15.7. The molecule has 2 atom stereocenters. The summed E-state index contributed by atoms with van der Waals surface area (Å²) in [5.74, 6) is -1.20. The normalized spacial score (nSPS) is 13.2. The zero-order chi connectivity index (χ0) is 22.3. The third-order valence-corrected chi connectivity index (χ3v) is 3.93. The van der Waals surface area contributed by atoms with Crippen LogP contribution in [0.5, 0.6) is 5.75 Å². The molecule has 2 unspecified atom stereocenters. The van der Waals surface area contributed by atoms with Crippen molar-refractivity contribution < 1.29 is 37.0 Å². The Morgan fingerprint density at radius 3 is 2.33 bits per heavy atom. The summed E-state index contributed by atoms with van der Waals surface area (Å²) < 4.78 is 54.1. The lowest BCUT2D eigenvalue weighted by Gasteiger charge is -2.20. The standard InChI is InChI=1S/C19H19F4N3O4/c1-11(15-7-6-14(9-24-15)30-10-19(21,22)23)25-17(27)16(26-18(28)29)8-12-2-4-13(20)5-3-12/h2-7,9,11,16,26H,8,10H2,1H3,(H,25,27)(H,28,29). The first-order chi connectivity index (χ1) is 14.0. The molecule has 0 aliphatic carbocycles. The minimum atomic E-state index is -4.48. The van der Waals surface area contributed by atoms with Crippen LogP contribution in [0, 0.1) is 5.82 Å². The van der Waals surface area contributed by atoms with Gasteiger partial charge in [0, 0.05) is 6.42 Å². The summed E-state index contributed by atoms with van der Waals surface area (Å²) in [5.41, 5.74) is 0.876. The fourth-order valence-corrected chi connectivity index (χ4v) is 2.50. The van der Waals surface area contributed by atoms with Crippen LogP contribution in [0.25, 0.3) is 0 Å². The molecular weight excluding hydrogens is 410 g/mol. The Hall–Kier alpha value is -3.37. The summed E-state index contributed by atoms with van der Waals surface area (Å²) in [5, 5.41) is 13.7. The molecule has 3 N–H and O–H groups in total. The van der Waals surface area contributed by atoms with Gasteiger partial charge in [-0.3, -0.25) is 9.78 Å². The van der Waals surface area contributed by atoms with Crippen molar-refractivity contribution in [3.63, 3.8) is 0 Å². The monoisotopic (exact) mass is 429 g/mol. The van der Waals surface area contributed by atoms with Crippen LogP contribution in [0.1, 0.15) is 24.2 Å². The Morgan fingerprint density at radius 2 is 1.80 bits per heavy atom. The predicted molar refractivity (Wildman–Crippen MR) is 97.4 cm³/mol. The first-order valence-electron chi connectivity index (χ1n) is 8.73. The molecule has 0 aliphatic rings. The van der Waals surface area contributed by atoms with E-state index in [1.807, 2.05) is 0 Å². The highest BCUT2D eigenvalue weighted by molar-refractivity contribution is 5.85. The maximum Gasteiger partial charge on any atom is 0.422 e. The predicted octanol–water partition coefficient (Wildman–Crippen LogP) is 3.22. The molecule has 11 heteroatoms. The van der Waals surface area contributed by atoms with Gasteiger partial charge in [-0.15, -0.1) is 0 Å². The second-order valence-corrected chi connectivity index (χ2v) is 6.39. The van der Waals surface area contributed by atoms with Crippen LogP contribution in [0.2, 0.25) is 0 Å². The number of nitrogens with one attached hydrogen (secondary N) is 2. The van der Waals surface area contributed by atoms with E-state index in [1.165, 1.54) is 36.4 Å². The van der Waals surface area contributed by atoms with Gasteiger partial charge in [0.05, 0.1) is 17.9 Å². The molecule has 2 amide bonds. The minimum absolute atomic E-state index is 0.0111. The zero-order valence-corrected chi connectivity index (χ0v) is 15.7. The van der Waals surface area contributed by atoms with Crippen LogP contribution in [0.4, 0.5) is 22.4 Å². The smallest absolute Gasteiger partial charge is 0.422 e. The molecule has 0 saturated carbocycles. The summed E-state index contributed by atoms with van der Waals surface area (Å²) in [6.45, 7) is 0.123. The van der Waals surface area contributed by atoms with Crippen molar-refractivity contribution in [2.45, 2.75) is 31.6 Å². The van der Waals surface area contributed by atoms with Crippen molar-refractivity contribution in [1.82, 2.24) is 15.6 Å². The van der Waals surface area contributed by atoms with Crippen LogP contribution in [-0.4, -0.2) is 40.9 Å². The molecule has 162 valence electrons. The molecule has 1 aromatic carbocycles. The van der Waals surface area contributed by atoms with E-state index in [2.05, 4.69) is 20.4 Å². The van der Waals surface area contributed by atoms with Gasteiger partial charge in [-0.1, -0.05) is 12.1 Å². The Bertz CT molecular complexity index is 858. The molecule has 0 fully saturated rings. The third-order valence-electron chi connectivity index (χ3n) is 3.93. The number of hydrogen-bond donors (Lipinski definition) is 3. The number of ether oxygens (including phenoxy) is 1. The highest BCUT2D eigenvalue weighted by Crippen LogP contribution is 2.19. The average Bonchev–Trinajstić information content (AvgIpc) is 2.67. The Balaban J connectivity index is 2.01. The lowest BCUT2D eigenvalue weighted by Crippen LogP contribution is -2.48. The molecule has 2 aromatic rings. The minimum Gasteiger partial charge on any atom is -0.483 e. The van der Waals surface area contributed by atoms with Gasteiger partial charge < -0.3 is 20.5 Å². The Kier molecular flexibility index (Phi) is 7.56. The van der Waals surface area contributed by atoms with Crippen LogP contribution in [0.3, 0.4) is 0 Å². The molecule has 0 saturated heterocycles. The molecule has 2 rings (SSSR count). The Labute approximate surface area is 169 Å². The van der Waals surface area contributed by atoms with Gasteiger partial charge in [-0.05, 0) is 36.8 Å². The van der Waals surface area contributed by atoms with Crippen molar-refractivity contribution in [3.8, 4) is 5.75 Å². The van der Waals surface area contributed by atoms with E-state index in [4.69, 9.17) is 5.11 Å². The van der Waals surface area contributed by atoms with E-state index < -0.39 is 42.7 Å². The number of carbonyl (C=O) groups excluding carboxylic acids is 1. The number of aromatic nitrogens is 1. The number of nitrogens with zero attached hydrogens (tertiary/aromatic N) is 1. The molecule has 1 heterocycles. The van der Waals surface area contributed by atoms with E-state index in [-0.39, 0.29) is 12.2 Å². The number of amides is 2. The molecule has 0 bridgehead atoms. The number of benzene rings is 1. The van der Waals surface area contributed by atoms with E-state index >= 15 is 0 Å². The van der Waals surface area contributed by atoms with E-state index in [0.29, 0.717) is 11.3 Å². The summed E-state index contributed by atoms with van der Waals surface area (Å²) in [4.78, 5) is 27.5. The second-order valence-electron chi connectivity index (χ2n) is 6.39. The van der Waals surface area contributed by atoms with Crippen molar-refractivity contribution >= 4 is 12.0 Å². The Morgan fingerprint density at radius 1 is 1.13 bits per heavy atom. The van der Waals surface area contributed by atoms with Gasteiger partial charge >= 0.3 is 12.3 Å². The molecule has 0 aliphatic heterocycles. The first kappa shape index (κ1) is 22.9. The van der Waals surface area contributed by atoms with E-state index in [1.54, 1.807) is 6.92 Å². The largest absolute Gasteiger partial charge is 0.483 e. The van der Waals surface area contributed by atoms with Crippen LogP contribution in [-0.2, 0) is 11.2 Å². The summed E-state index contributed by atoms with van der Waals surface area (Å²) in [6.07, 6.45) is -4.80. The van der Waals surface area contributed by atoms with Crippen molar-refractivity contribution in [1.29, 1.82) is 0 Å². The van der Waals surface area contributed by atoms with E-state index in [0.717, 1.165) is 6.20 Å². The number of pyridine rings is 1. The second kappa shape index (κ2) is 9.90. The molecule has 7 nitrogen and oxygen atoms in total.